The number of benzene rings is 3. The van der Waals surface area contributed by atoms with Gasteiger partial charge >= 0.3 is 0 Å². The second kappa shape index (κ2) is 6.16. The maximum atomic E-state index is 2.43. The third-order valence-electron chi connectivity index (χ3n) is 4.93. The summed E-state index contributed by atoms with van der Waals surface area (Å²) in [6.45, 7) is 4.53. The normalized spacial score (nSPS) is 13.4. The largest absolute Gasteiger partial charge is 0.310 e. The van der Waals surface area contributed by atoms with E-state index in [1.54, 1.807) is 0 Å². The number of para-hydroxylation sites is 2. The van der Waals surface area contributed by atoms with Crippen molar-refractivity contribution in [2.75, 3.05) is 4.90 Å². The van der Waals surface area contributed by atoms with Crippen LogP contribution in [-0.2, 0) is 12.8 Å². The highest BCUT2D eigenvalue weighted by Gasteiger charge is 2.22. The summed E-state index contributed by atoms with van der Waals surface area (Å²) < 4.78 is 0. The van der Waals surface area contributed by atoms with Crippen LogP contribution in [0, 0.1) is 0 Å². The van der Waals surface area contributed by atoms with Crippen LogP contribution in [-0.4, -0.2) is 0 Å². The van der Waals surface area contributed by atoms with E-state index < -0.39 is 0 Å². The molecule has 3 aromatic carbocycles. The molecule has 0 amide bonds. The molecular formula is C23H23N. The van der Waals surface area contributed by atoms with E-state index in [4.69, 9.17) is 0 Å². The summed E-state index contributed by atoms with van der Waals surface area (Å²) in [5, 5.41) is 0. The molecule has 0 atom stereocenters. The quantitative estimate of drug-likeness (QED) is 0.530. The molecule has 0 radical (unpaired) electrons. The fourth-order valence-corrected chi connectivity index (χ4v) is 3.55. The van der Waals surface area contributed by atoms with Crippen LogP contribution >= 0.6 is 0 Å². The molecule has 0 bridgehead atoms. The van der Waals surface area contributed by atoms with Crippen molar-refractivity contribution in [3.63, 3.8) is 0 Å². The summed E-state index contributed by atoms with van der Waals surface area (Å²) in [7, 11) is 0. The number of anilines is 3. The lowest BCUT2D eigenvalue weighted by Gasteiger charge is -2.28. The average molecular weight is 313 g/mol. The summed E-state index contributed by atoms with van der Waals surface area (Å²) in [6.07, 6.45) is 2.18. The van der Waals surface area contributed by atoms with E-state index >= 15 is 0 Å². The van der Waals surface area contributed by atoms with Gasteiger partial charge in [-0.2, -0.15) is 0 Å². The molecule has 24 heavy (non-hydrogen) atoms. The van der Waals surface area contributed by atoms with Crippen LogP contribution in [0.15, 0.2) is 72.8 Å². The van der Waals surface area contributed by atoms with Gasteiger partial charge < -0.3 is 4.90 Å². The van der Waals surface area contributed by atoms with Gasteiger partial charge in [-0.1, -0.05) is 62.4 Å². The molecule has 1 nitrogen and oxygen atoms in total. The first-order valence-electron chi connectivity index (χ1n) is 8.80. The second-order valence-corrected chi connectivity index (χ2v) is 6.84. The monoisotopic (exact) mass is 313 g/mol. The predicted octanol–water partition coefficient (Wildman–Crippen LogP) is 6.38. The smallest absolute Gasteiger partial charge is 0.0496 e. The molecule has 0 saturated carbocycles. The number of aryl methyl sites for hydroxylation is 2. The Kier molecular flexibility index (Phi) is 3.86. The molecule has 1 aliphatic heterocycles. The van der Waals surface area contributed by atoms with E-state index in [0.29, 0.717) is 5.92 Å². The third kappa shape index (κ3) is 2.60. The molecule has 0 aliphatic carbocycles. The first-order valence-corrected chi connectivity index (χ1v) is 8.80. The van der Waals surface area contributed by atoms with Gasteiger partial charge in [-0.3, -0.25) is 0 Å². The van der Waals surface area contributed by atoms with Gasteiger partial charge in [-0.15, -0.1) is 0 Å². The fourth-order valence-electron chi connectivity index (χ4n) is 3.55. The van der Waals surface area contributed by atoms with Crippen molar-refractivity contribution >= 4 is 17.1 Å². The lowest BCUT2D eigenvalue weighted by atomic mass is 9.98. The molecule has 1 aliphatic rings. The van der Waals surface area contributed by atoms with Gasteiger partial charge in [-0.05, 0) is 59.7 Å². The van der Waals surface area contributed by atoms with Crippen LogP contribution < -0.4 is 4.90 Å². The number of fused-ring (bicyclic) bond motifs is 2. The van der Waals surface area contributed by atoms with Gasteiger partial charge in [0.2, 0.25) is 0 Å². The van der Waals surface area contributed by atoms with Gasteiger partial charge in [0.15, 0.2) is 0 Å². The minimum atomic E-state index is 0.534. The Morgan fingerprint density at radius 1 is 0.708 bits per heavy atom. The highest BCUT2D eigenvalue weighted by atomic mass is 15.1. The lowest BCUT2D eigenvalue weighted by Crippen LogP contribution is -2.12. The van der Waals surface area contributed by atoms with Gasteiger partial charge in [0.05, 0.1) is 0 Å². The SMILES string of the molecule is CC(C)c1ccc2c(c1)N(c1ccccc1)c1ccccc1CC2. The van der Waals surface area contributed by atoms with Crippen LogP contribution in [0.1, 0.15) is 36.5 Å². The molecule has 4 rings (SSSR count). The molecular weight excluding hydrogens is 290 g/mol. The van der Waals surface area contributed by atoms with Crippen LogP contribution in [0.2, 0.25) is 0 Å². The number of hydrogen-bond acceptors (Lipinski definition) is 1. The molecule has 3 aromatic rings. The van der Waals surface area contributed by atoms with Crippen molar-refractivity contribution in [3.05, 3.63) is 89.5 Å². The van der Waals surface area contributed by atoms with Crippen LogP contribution in [0.3, 0.4) is 0 Å². The standard InChI is InChI=1S/C23H23N/c1-17(2)20-15-14-19-13-12-18-8-6-7-11-22(18)24(23(19)16-20)21-9-4-3-5-10-21/h3-11,14-17H,12-13H2,1-2H3. The molecule has 0 fully saturated rings. The first kappa shape index (κ1) is 15.0. The molecule has 1 heteroatoms. The highest BCUT2D eigenvalue weighted by molar-refractivity contribution is 5.81. The number of rotatable bonds is 2. The second-order valence-electron chi connectivity index (χ2n) is 6.84. The summed E-state index contributed by atoms with van der Waals surface area (Å²) in [5.41, 5.74) is 8.12. The Hall–Kier alpha value is -2.54. The van der Waals surface area contributed by atoms with E-state index in [1.807, 2.05) is 0 Å². The Labute approximate surface area is 144 Å². The van der Waals surface area contributed by atoms with Gasteiger partial charge in [0.1, 0.15) is 0 Å². The number of nitrogens with zero attached hydrogens (tertiary/aromatic N) is 1. The lowest BCUT2D eigenvalue weighted by molar-refractivity contribution is 0.863. The van der Waals surface area contributed by atoms with E-state index in [9.17, 15) is 0 Å². The van der Waals surface area contributed by atoms with Crippen molar-refractivity contribution in [3.8, 4) is 0 Å². The van der Waals surface area contributed by atoms with Crippen molar-refractivity contribution in [1.29, 1.82) is 0 Å². The van der Waals surface area contributed by atoms with Crippen LogP contribution in [0.4, 0.5) is 17.1 Å². The summed E-state index contributed by atoms with van der Waals surface area (Å²) in [4.78, 5) is 2.43. The average Bonchev–Trinajstić information content (AvgIpc) is 2.78. The van der Waals surface area contributed by atoms with Crippen molar-refractivity contribution < 1.29 is 0 Å². The molecule has 1 heterocycles. The zero-order valence-corrected chi connectivity index (χ0v) is 14.4. The van der Waals surface area contributed by atoms with E-state index in [-0.39, 0.29) is 0 Å². The van der Waals surface area contributed by atoms with Gasteiger partial charge in [0.25, 0.3) is 0 Å². The molecule has 0 unspecified atom stereocenters. The molecule has 0 saturated heterocycles. The van der Waals surface area contributed by atoms with E-state index in [0.717, 1.165) is 12.8 Å². The van der Waals surface area contributed by atoms with Gasteiger partial charge in [-0.25, -0.2) is 0 Å². The van der Waals surface area contributed by atoms with Crippen molar-refractivity contribution in [2.45, 2.75) is 32.6 Å². The Morgan fingerprint density at radius 2 is 1.38 bits per heavy atom. The van der Waals surface area contributed by atoms with Crippen molar-refractivity contribution in [1.82, 2.24) is 0 Å². The maximum absolute atomic E-state index is 2.43. The topological polar surface area (TPSA) is 3.24 Å². The minimum Gasteiger partial charge on any atom is -0.310 e. The zero-order valence-electron chi connectivity index (χ0n) is 14.4. The molecule has 120 valence electrons. The molecule has 0 N–H and O–H groups in total. The predicted molar refractivity (Wildman–Crippen MR) is 103 cm³/mol. The number of hydrogen-bond donors (Lipinski definition) is 0. The third-order valence-corrected chi connectivity index (χ3v) is 4.93. The van der Waals surface area contributed by atoms with E-state index in [1.165, 1.54) is 33.8 Å². The van der Waals surface area contributed by atoms with Gasteiger partial charge in [0, 0.05) is 17.1 Å². The maximum Gasteiger partial charge on any atom is 0.0496 e. The zero-order chi connectivity index (χ0) is 16.5. The fraction of sp³-hybridized carbons (Fsp3) is 0.217. The Balaban J connectivity index is 1.97. The van der Waals surface area contributed by atoms with Crippen LogP contribution in [0.5, 0.6) is 0 Å². The van der Waals surface area contributed by atoms with Crippen molar-refractivity contribution in [2.24, 2.45) is 0 Å². The summed E-state index contributed by atoms with van der Waals surface area (Å²) in [6, 6.07) is 26.5. The summed E-state index contributed by atoms with van der Waals surface area (Å²) in [5.74, 6) is 0.534. The molecule has 0 spiro atoms. The Morgan fingerprint density at radius 3 is 2.12 bits per heavy atom. The molecule has 0 aromatic heterocycles. The minimum absolute atomic E-state index is 0.534. The van der Waals surface area contributed by atoms with E-state index in [2.05, 4.69) is 91.5 Å². The first-order chi connectivity index (χ1) is 11.7. The highest BCUT2D eigenvalue weighted by Crippen LogP contribution is 2.42. The summed E-state index contributed by atoms with van der Waals surface area (Å²) >= 11 is 0. The van der Waals surface area contributed by atoms with Crippen LogP contribution in [0.25, 0.3) is 0 Å². The Bertz CT molecular complexity index is 849.